The minimum Gasteiger partial charge on any atom is -0.495 e. The molecule has 0 bridgehead atoms. The summed E-state index contributed by atoms with van der Waals surface area (Å²) in [6, 6.07) is 5.16. The van der Waals surface area contributed by atoms with Crippen molar-refractivity contribution in [3.05, 3.63) is 52.5 Å². The average molecular weight is 374 g/mol. The molecule has 9 heteroatoms. The van der Waals surface area contributed by atoms with Gasteiger partial charge in [0, 0.05) is 29.5 Å². The highest BCUT2D eigenvalue weighted by atomic mass is 35.5. The number of anilines is 3. The van der Waals surface area contributed by atoms with Crippen molar-refractivity contribution in [2.45, 2.75) is 13.8 Å². The summed E-state index contributed by atoms with van der Waals surface area (Å²) < 4.78 is 10.2. The Hall–Kier alpha value is -3.13. The number of nitrogens with zero attached hydrogens (tertiary/aromatic N) is 3. The zero-order valence-electron chi connectivity index (χ0n) is 14.3. The van der Waals surface area contributed by atoms with E-state index in [-0.39, 0.29) is 11.5 Å². The molecule has 0 unspecified atom stereocenters. The summed E-state index contributed by atoms with van der Waals surface area (Å²) in [6.07, 6.45) is 2.82. The minimum atomic E-state index is -0.384. The number of aryl methyl sites for hydroxylation is 2. The number of benzene rings is 1. The minimum absolute atomic E-state index is 0.287. The monoisotopic (exact) mass is 373 g/mol. The van der Waals surface area contributed by atoms with Gasteiger partial charge >= 0.3 is 0 Å². The van der Waals surface area contributed by atoms with Crippen molar-refractivity contribution < 1.29 is 14.1 Å². The fraction of sp³-hybridized carbons (Fsp3) is 0.176. The van der Waals surface area contributed by atoms with Crippen LogP contribution in [0, 0.1) is 13.8 Å². The maximum atomic E-state index is 12.1. The van der Waals surface area contributed by atoms with Gasteiger partial charge in [0.05, 0.1) is 18.4 Å². The van der Waals surface area contributed by atoms with Crippen LogP contribution >= 0.6 is 11.6 Å². The van der Waals surface area contributed by atoms with Crippen molar-refractivity contribution in [1.29, 1.82) is 0 Å². The molecule has 0 saturated carbocycles. The van der Waals surface area contributed by atoms with E-state index >= 15 is 0 Å². The van der Waals surface area contributed by atoms with Gasteiger partial charge in [0.15, 0.2) is 5.82 Å². The Morgan fingerprint density at radius 3 is 2.54 bits per heavy atom. The molecule has 3 aromatic rings. The quantitative estimate of drug-likeness (QED) is 0.702. The fourth-order valence-corrected chi connectivity index (χ4v) is 2.33. The molecule has 1 aromatic carbocycles. The molecule has 0 aliphatic heterocycles. The second-order valence-electron chi connectivity index (χ2n) is 5.50. The van der Waals surface area contributed by atoms with Gasteiger partial charge in [-0.25, -0.2) is 9.97 Å². The van der Waals surface area contributed by atoms with Crippen LogP contribution in [0.25, 0.3) is 0 Å². The van der Waals surface area contributed by atoms with Crippen LogP contribution in [0.2, 0.25) is 5.02 Å². The molecule has 1 amide bonds. The summed E-state index contributed by atoms with van der Waals surface area (Å²) in [6.45, 7) is 3.62. The topological polar surface area (TPSA) is 102 Å². The molecule has 8 nitrogen and oxygen atoms in total. The molecule has 2 N–H and O–H groups in total. The largest absolute Gasteiger partial charge is 0.495 e. The fourth-order valence-electron chi connectivity index (χ4n) is 2.17. The van der Waals surface area contributed by atoms with E-state index in [1.165, 1.54) is 12.4 Å². The van der Waals surface area contributed by atoms with Crippen LogP contribution in [-0.4, -0.2) is 28.1 Å². The third kappa shape index (κ3) is 3.92. The molecule has 26 heavy (non-hydrogen) atoms. The molecule has 134 valence electrons. The number of rotatable bonds is 5. The first-order valence-corrected chi connectivity index (χ1v) is 8.02. The molecule has 0 aliphatic rings. The second kappa shape index (κ2) is 7.40. The summed E-state index contributed by atoms with van der Waals surface area (Å²) in [4.78, 5) is 20.5. The van der Waals surface area contributed by atoms with E-state index in [0.717, 1.165) is 5.56 Å². The number of ether oxygens (including phenoxy) is 1. The Kier molecular flexibility index (Phi) is 5.04. The second-order valence-corrected chi connectivity index (χ2v) is 5.91. The number of amides is 1. The number of methoxy groups -OCH3 is 1. The van der Waals surface area contributed by atoms with E-state index in [4.69, 9.17) is 20.9 Å². The highest BCUT2D eigenvalue weighted by Gasteiger charge is 2.12. The Labute approximate surface area is 154 Å². The lowest BCUT2D eigenvalue weighted by Gasteiger charge is -2.12. The lowest BCUT2D eigenvalue weighted by atomic mass is 10.2. The number of carbonyl (C=O) groups excluding carboxylic acids is 1. The van der Waals surface area contributed by atoms with E-state index in [1.54, 1.807) is 26.2 Å². The van der Waals surface area contributed by atoms with Crippen LogP contribution in [0.5, 0.6) is 5.75 Å². The van der Waals surface area contributed by atoms with Gasteiger partial charge in [-0.1, -0.05) is 16.8 Å². The van der Waals surface area contributed by atoms with Crippen LogP contribution in [0.3, 0.4) is 0 Å². The van der Waals surface area contributed by atoms with E-state index in [1.807, 2.05) is 13.0 Å². The van der Waals surface area contributed by atoms with E-state index in [9.17, 15) is 4.79 Å². The lowest BCUT2D eigenvalue weighted by molar-refractivity contribution is 0.102. The number of halogens is 1. The van der Waals surface area contributed by atoms with E-state index < -0.39 is 0 Å². The van der Waals surface area contributed by atoms with Crippen molar-refractivity contribution in [2.75, 3.05) is 17.7 Å². The molecule has 0 atom stereocenters. The van der Waals surface area contributed by atoms with Crippen LogP contribution in [0.4, 0.5) is 17.5 Å². The molecule has 2 heterocycles. The third-order valence-corrected chi connectivity index (χ3v) is 3.92. The van der Waals surface area contributed by atoms with Gasteiger partial charge in [0.25, 0.3) is 5.91 Å². The first-order valence-electron chi connectivity index (χ1n) is 7.64. The van der Waals surface area contributed by atoms with E-state index in [0.29, 0.717) is 34.0 Å². The van der Waals surface area contributed by atoms with Gasteiger partial charge in [0.2, 0.25) is 5.95 Å². The Bertz CT molecular complexity index is 940. The normalized spacial score (nSPS) is 10.5. The molecular formula is C17H16ClN5O3. The van der Waals surface area contributed by atoms with Gasteiger partial charge in [-0.2, -0.15) is 0 Å². The maximum Gasteiger partial charge on any atom is 0.260 e. The van der Waals surface area contributed by atoms with Crippen LogP contribution in [0.15, 0.2) is 35.1 Å². The molecule has 3 rings (SSSR count). The predicted molar refractivity (Wildman–Crippen MR) is 97.2 cm³/mol. The molecule has 0 radical (unpaired) electrons. The molecule has 2 aromatic heterocycles. The highest BCUT2D eigenvalue weighted by molar-refractivity contribution is 6.31. The third-order valence-electron chi connectivity index (χ3n) is 3.51. The Balaban J connectivity index is 1.74. The van der Waals surface area contributed by atoms with Crippen LogP contribution in [0.1, 0.15) is 21.7 Å². The van der Waals surface area contributed by atoms with E-state index in [2.05, 4.69) is 25.8 Å². The molecule has 0 spiro atoms. The summed E-state index contributed by atoms with van der Waals surface area (Å²) >= 11 is 6.10. The van der Waals surface area contributed by atoms with Crippen molar-refractivity contribution >= 4 is 35.0 Å². The average Bonchev–Trinajstić information content (AvgIpc) is 3.03. The number of carbonyl (C=O) groups is 1. The Morgan fingerprint density at radius 2 is 1.92 bits per heavy atom. The Morgan fingerprint density at radius 1 is 1.19 bits per heavy atom. The lowest BCUT2D eigenvalue weighted by Crippen LogP contribution is -2.13. The van der Waals surface area contributed by atoms with Gasteiger partial charge in [-0.05, 0) is 25.5 Å². The zero-order chi connectivity index (χ0) is 18.7. The van der Waals surface area contributed by atoms with Crippen LogP contribution < -0.4 is 15.4 Å². The van der Waals surface area contributed by atoms with Gasteiger partial charge in [0.1, 0.15) is 11.5 Å². The molecule has 0 aliphatic carbocycles. The van der Waals surface area contributed by atoms with Crippen molar-refractivity contribution in [3.8, 4) is 5.75 Å². The van der Waals surface area contributed by atoms with Gasteiger partial charge in [-0.3, -0.25) is 4.79 Å². The summed E-state index contributed by atoms with van der Waals surface area (Å²) in [5.41, 5.74) is 1.84. The first kappa shape index (κ1) is 17.7. The van der Waals surface area contributed by atoms with Crippen LogP contribution in [-0.2, 0) is 0 Å². The highest BCUT2D eigenvalue weighted by Crippen LogP contribution is 2.32. The standard InChI is InChI=1S/C17H16ClN5O3/c1-9-4-13(14(25-3)6-12(9)18)21-17-19-7-11(8-20-17)16(24)22-15-5-10(2)26-23-15/h4-8H,1-3H3,(H,19,20,21)(H,22,23,24). The smallest absolute Gasteiger partial charge is 0.260 e. The SMILES string of the molecule is COc1cc(Cl)c(C)cc1Nc1ncc(C(=O)Nc2cc(C)on2)cn1. The molecule has 0 fully saturated rings. The summed E-state index contributed by atoms with van der Waals surface area (Å²) in [5, 5.41) is 9.95. The summed E-state index contributed by atoms with van der Waals surface area (Å²) in [7, 11) is 1.55. The molecular weight excluding hydrogens is 358 g/mol. The number of nitrogens with one attached hydrogen (secondary N) is 2. The number of hydrogen-bond donors (Lipinski definition) is 2. The number of hydrogen-bond acceptors (Lipinski definition) is 7. The predicted octanol–water partition coefficient (Wildman–Crippen LogP) is 3.74. The summed E-state index contributed by atoms with van der Waals surface area (Å²) in [5.74, 6) is 1.43. The molecule has 0 saturated heterocycles. The maximum absolute atomic E-state index is 12.1. The van der Waals surface area contributed by atoms with Crippen molar-refractivity contribution in [1.82, 2.24) is 15.1 Å². The van der Waals surface area contributed by atoms with Crippen molar-refractivity contribution in [3.63, 3.8) is 0 Å². The first-order chi connectivity index (χ1) is 12.5. The van der Waals surface area contributed by atoms with Crippen molar-refractivity contribution in [2.24, 2.45) is 0 Å². The van der Waals surface area contributed by atoms with Gasteiger partial charge in [-0.15, -0.1) is 0 Å². The number of aromatic nitrogens is 3. The zero-order valence-corrected chi connectivity index (χ0v) is 15.1. The van der Waals surface area contributed by atoms with Gasteiger partial charge < -0.3 is 19.9 Å².